The molecule has 1 rings (SSSR count). The highest BCUT2D eigenvalue weighted by atomic mass is 32.2. The van der Waals surface area contributed by atoms with Crippen molar-refractivity contribution in [1.82, 2.24) is 10.2 Å². The van der Waals surface area contributed by atoms with Crippen LogP contribution in [-0.2, 0) is 4.79 Å². The Morgan fingerprint density at radius 3 is 2.48 bits per heavy atom. The van der Waals surface area contributed by atoms with Gasteiger partial charge < -0.3 is 15.3 Å². The van der Waals surface area contributed by atoms with E-state index in [1.54, 1.807) is 54.0 Å². The van der Waals surface area contributed by atoms with E-state index in [2.05, 4.69) is 5.32 Å². The van der Waals surface area contributed by atoms with E-state index in [9.17, 15) is 14.7 Å². The third kappa shape index (κ3) is 5.30. The van der Waals surface area contributed by atoms with Crippen molar-refractivity contribution in [3.05, 3.63) is 35.9 Å². The molecule has 2 amide bonds. The molecule has 0 bridgehead atoms. The van der Waals surface area contributed by atoms with Gasteiger partial charge in [-0.3, -0.25) is 0 Å². The number of hydrogen-bond donors (Lipinski definition) is 2. The molecule has 2 N–H and O–H groups in total. The molecule has 0 saturated carbocycles. The number of nitrogens with one attached hydrogen (secondary N) is 1. The van der Waals surface area contributed by atoms with Crippen LogP contribution in [0.1, 0.15) is 24.9 Å². The summed E-state index contributed by atoms with van der Waals surface area (Å²) in [6.45, 7) is 1.95. The summed E-state index contributed by atoms with van der Waals surface area (Å²) in [6, 6.07) is 7.34. The molecule has 0 aliphatic carbocycles. The van der Waals surface area contributed by atoms with Gasteiger partial charge >= 0.3 is 12.0 Å². The van der Waals surface area contributed by atoms with Gasteiger partial charge in [0.15, 0.2) is 6.04 Å². The molecule has 1 aromatic carbocycles. The number of carbonyl (C=O) groups is 2. The van der Waals surface area contributed by atoms with Crippen molar-refractivity contribution in [3.63, 3.8) is 0 Å². The van der Waals surface area contributed by atoms with Crippen LogP contribution >= 0.6 is 11.8 Å². The van der Waals surface area contributed by atoms with Crippen LogP contribution in [0.5, 0.6) is 0 Å². The van der Waals surface area contributed by atoms with Gasteiger partial charge in [-0.15, -0.1) is 0 Å². The summed E-state index contributed by atoms with van der Waals surface area (Å²) >= 11 is 1.72. The zero-order valence-electron chi connectivity index (χ0n) is 12.6. The van der Waals surface area contributed by atoms with Crippen LogP contribution in [0.15, 0.2) is 30.3 Å². The zero-order chi connectivity index (χ0) is 15.8. The van der Waals surface area contributed by atoms with Gasteiger partial charge in [0.05, 0.1) is 0 Å². The second-order valence-corrected chi connectivity index (χ2v) is 5.86. The Kier molecular flexibility index (Phi) is 7.08. The van der Waals surface area contributed by atoms with Crippen molar-refractivity contribution in [2.45, 2.75) is 25.4 Å². The lowest BCUT2D eigenvalue weighted by Gasteiger charge is -2.27. The van der Waals surface area contributed by atoms with Crippen molar-refractivity contribution < 1.29 is 14.7 Å². The number of carbonyl (C=O) groups excluding carboxylic acids is 1. The molecular formula is C15H22N2O3S. The molecule has 1 aromatic rings. The van der Waals surface area contributed by atoms with Crippen LogP contribution in [0.3, 0.4) is 0 Å². The van der Waals surface area contributed by atoms with E-state index < -0.39 is 12.0 Å². The summed E-state index contributed by atoms with van der Waals surface area (Å²) in [7, 11) is 1.68. The van der Waals surface area contributed by atoms with Crippen molar-refractivity contribution in [3.8, 4) is 0 Å². The van der Waals surface area contributed by atoms with Crippen molar-refractivity contribution >= 4 is 23.8 Å². The Bertz CT molecular complexity index is 467. The van der Waals surface area contributed by atoms with E-state index >= 15 is 0 Å². The van der Waals surface area contributed by atoms with Crippen LogP contribution in [-0.4, -0.2) is 47.1 Å². The number of thioether (sulfide) groups is 1. The van der Waals surface area contributed by atoms with Gasteiger partial charge in [-0.2, -0.15) is 11.8 Å². The molecule has 0 saturated heterocycles. The highest BCUT2D eigenvalue weighted by Crippen LogP contribution is 2.14. The normalized spacial score (nSPS) is 13.3. The number of hydrogen-bond acceptors (Lipinski definition) is 3. The van der Waals surface area contributed by atoms with Crippen LogP contribution in [0.25, 0.3) is 0 Å². The van der Waals surface area contributed by atoms with Crippen LogP contribution in [0.4, 0.5) is 4.79 Å². The maximum absolute atomic E-state index is 12.2. The van der Waals surface area contributed by atoms with Crippen LogP contribution < -0.4 is 5.32 Å². The molecule has 21 heavy (non-hydrogen) atoms. The lowest BCUT2D eigenvalue weighted by atomic mass is 10.1. The van der Waals surface area contributed by atoms with E-state index in [1.165, 1.54) is 0 Å². The molecule has 0 spiro atoms. The van der Waals surface area contributed by atoms with Crippen LogP contribution in [0.2, 0.25) is 0 Å². The van der Waals surface area contributed by atoms with Gasteiger partial charge in [-0.1, -0.05) is 30.3 Å². The minimum Gasteiger partial charge on any atom is -0.479 e. The fourth-order valence-electron chi connectivity index (χ4n) is 1.84. The highest BCUT2D eigenvalue weighted by molar-refractivity contribution is 7.98. The van der Waals surface area contributed by atoms with E-state index in [0.29, 0.717) is 5.56 Å². The maximum Gasteiger partial charge on any atom is 0.330 e. The molecule has 6 heteroatoms. The second kappa shape index (κ2) is 8.56. The first-order valence-electron chi connectivity index (χ1n) is 6.77. The first-order chi connectivity index (χ1) is 9.97. The molecule has 0 aliphatic rings. The van der Waals surface area contributed by atoms with E-state index in [1.807, 2.05) is 13.2 Å². The van der Waals surface area contributed by atoms with E-state index in [4.69, 9.17) is 0 Å². The Labute approximate surface area is 129 Å². The topological polar surface area (TPSA) is 69.6 Å². The molecule has 0 aromatic heterocycles. The predicted octanol–water partition coefficient (Wildman–Crippen LogP) is 2.60. The van der Waals surface area contributed by atoms with Gasteiger partial charge in [-0.25, -0.2) is 9.59 Å². The maximum atomic E-state index is 12.2. The summed E-state index contributed by atoms with van der Waals surface area (Å²) in [5.74, 6) is -0.112. The predicted molar refractivity (Wildman–Crippen MR) is 85.6 cm³/mol. The number of benzene rings is 1. The number of urea groups is 1. The average molecular weight is 310 g/mol. The van der Waals surface area contributed by atoms with Gasteiger partial charge in [0.1, 0.15) is 0 Å². The number of nitrogens with zero attached hydrogens (tertiary/aromatic N) is 1. The zero-order valence-corrected chi connectivity index (χ0v) is 13.4. The third-order valence-corrected chi connectivity index (χ3v) is 4.01. The minimum atomic E-state index is -1.07. The Morgan fingerprint density at radius 1 is 1.33 bits per heavy atom. The number of rotatable bonds is 7. The summed E-state index contributed by atoms with van der Waals surface area (Å²) in [5, 5.41) is 11.9. The van der Waals surface area contributed by atoms with Gasteiger partial charge in [0.25, 0.3) is 0 Å². The molecule has 0 aliphatic heterocycles. The molecule has 116 valence electrons. The Hall–Kier alpha value is -1.69. The largest absolute Gasteiger partial charge is 0.479 e. The van der Waals surface area contributed by atoms with Crippen molar-refractivity contribution in [2.75, 3.05) is 19.1 Å². The first-order valence-corrected chi connectivity index (χ1v) is 8.16. The summed E-state index contributed by atoms with van der Waals surface area (Å²) in [6.07, 6.45) is 2.89. The number of amides is 2. The summed E-state index contributed by atoms with van der Waals surface area (Å²) in [5.41, 5.74) is 0.559. The second-order valence-electron chi connectivity index (χ2n) is 4.87. The van der Waals surface area contributed by atoms with Gasteiger partial charge in [-0.05, 0) is 30.9 Å². The third-order valence-electron chi connectivity index (χ3n) is 3.37. The van der Waals surface area contributed by atoms with E-state index in [0.717, 1.165) is 12.2 Å². The van der Waals surface area contributed by atoms with Crippen LogP contribution in [0, 0.1) is 0 Å². The van der Waals surface area contributed by atoms with Crippen molar-refractivity contribution in [2.24, 2.45) is 0 Å². The Balaban J connectivity index is 2.71. The highest BCUT2D eigenvalue weighted by Gasteiger charge is 2.24. The quantitative estimate of drug-likeness (QED) is 0.812. The fraction of sp³-hybridized carbons (Fsp3) is 0.467. The summed E-state index contributed by atoms with van der Waals surface area (Å²) < 4.78 is 0. The van der Waals surface area contributed by atoms with Gasteiger partial charge in [0, 0.05) is 13.1 Å². The molecule has 0 heterocycles. The Morgan fingerprint density at radius 2 is 1.95 bits per heavy atom. The number of carboxylic acids is 1. The smallest absolute Gasteiger partial charge is 0.330 e. The lowest BCUT2D eigenvalue weighted by molar-refractivity contribution is -0.139. The molecule has 0 radical (unpaired) electrons. The standard InChI is InChI=1S/C15H22N2O3S/c1-11(9-10-21-3)17(2)15(20)16-13(14(18)19)12-7-5-4-6-8-12/h4-8,11,13H,9-10H2,1-3H3,(H,16,20)(H,18,19). The van der Waals surface area contributed by atoms with E-state index in [-0.39, 0.29) is 12.1 Å². The van der Waals surface area contributed by atoms with Crippen molar-refractivity contribution in [1.29, 1.82) is 0 Å². The first kappa shape index (κ1) is 17.4. The van der Waals surface area contributed by atoms with Gasteiger partial charge in [0.2, 0.25) is 0 Å². The molecule has 2 atom stereocenters. The number of aliphatic carboxylic acids is 1. The number of carboxylic acid groups (broad SMARTS) is 1. The summed E-state index contributed by atoms with van der Waals surface area (Å²) in [4.78, 5) is 25.1. The molecular weight excluding hydrogens is 288 g/mol. The average Bonchev–Trinajstić information content (AvgIpc) is 2.49. The molecule has 5 nitrogen and oxygen atoms in total. The minimum absolute atomic E-state index is 0.0580. The SMILES string of the molecule is CSCCC(C)N(C)C(=O)NC(C(=O)O)c1ccccc1. The monoisotopic (exact) mass is 310 g/mol. The lowest BCUT2D eigenvalue weighted by Crippen LogP contribution is -2.45. The fourth-order valence-corrected chi connectivity index (χ4v) is 2.42. The molecule has 2 unspecified atom stereocenters. The molecule has 0 fully saturated rings.